The monoisotopic (exact) mass is 380 g/mol. The van der Waals surface area contributed by atoms with E-state index in [0.717, 1.165) is 6.42 Å². The summed E-state index contributed by atoms with van der Waals surface area (Å²) in [6, 6.07) is 17.6. The first-order chi connectivity index (χ1) is 7.57. The molecule has 2 aromatic carbocycles. The molecule has 0 amide bonds. The van der Waals surface area contributed by atoms with E-state index in [2.05, 4.69) is 68.2 Å². The van der Waals surface area contributed by atoms with Crippen molar-refractivity contribution in [2.75, 3.05) is 0 Å². The molecule has 2 aromatic rings. The van der Waals surface area contributed by atoms with Crippen LogP contribution in [0.1, 0.15) is 11.1 Å². The van der Waals surface area contributed by atoms with E-state index in [4.69, 9.17) is 0 Å². The Morgan fingerprint density at radius 1 is 0.850 bits per heavy atom. The molecule has 0 fully saturated rings. The summed E-state index contributed by atoms with van der Waals surface area (Å²) in [5, 5.41) is 1.59. The maximum absolute atomic E-state index is 2.41. The molecule has 0 aliphatic heterocycles. The van der Waals surface area contributed by atoms with E-state index >= 15 is 0 Å². The van der Waals surface area contributed by atoms with Gasteiger partial charge in [0.05, 0.1) is 8.07 Å². The Balaban J connectivity index is -0.000000722. The van der Waals surface area contributed by atoms with Crippen LogP contribution in [0.2, 0.25) is 19.6 Å². The summed E-state index contributed by atoms with van der Waals surface area (Å²) in [5.74, 6) is 0. The summed E-state index contributed by atoms with van der Waals surface area (Å²) in [5.41, 5.74) is 2.93. The van der Waals surface area contributed by atoms with Gasteiger partial charge in [-0.2, -0.15) is 17.7 Å². The average Bonchev–Trinajstić information content (AvgIpc) is 2.70. The van der Waals surface area contributed by atoms with Gasteiger partial charge in [0.1, 0.15) is 0 Å². The summed E-state index contributed by atoms with van der Waals surface area (Å²) in [4.78, 5) is 0. The zero-order valence-corrected chi connectivity index (χ0v) is 16.8. The summed E-state index contributed by atoms with van der Waals surface area (Å²) >= 11 is 0. The quantitative estimate of drug-likeness (QED) is 0.368. The van der Waals surface area contributed by atoms with E-state index < -0.39 is 8.07 Å². The first kappa shape index (κ1) is 25.3. The van der Waals surface area contributed by atoms with Crippen LogP contribution in [0.15, 0.2) is 48.5 Å². The zero-order chi connectivity index (χ0) is 11.6. The van der Waals surface area contributed by atoms with Crippen molar-refractivity contribution in [3.63, 3.8) is 0 Å². The normalized spacial score (nSPS) is 9.35. The second-order valence-corrected chi connectivity index (χ2v) is 10.4. The molecule has 0 spiro atoms. The van der Waals surface area contributed by atoms with Crippen molar-refractivity contribution in [2.45, 2.75) is 26.1 Å². The molecule has 0 saturated heterocycles. The molecule has 0 aliphatic rings. The Bertz CT molecular complexity index is 464. The van der Waals surface area contributed by atoms with Crippen LogP contribution in [-0.4, -0.2) is 8.07 Å². The smallest absolute Gasteiger partial charge is 1.00 e. The fourth-order valence-corrected chi connectivity index (χ4v) is 3.89. The van der Waals surface area contributed by atoms with Crippen LogP contribution < -0.4 is 42.4 Å². The molecular formula is C15H19Cl3SiTi. The molecule has 0 aromatic heterocycles. The Morgan fingerprint density at radius 3 is 1.85 bits per heavy atom. The standard InChI is InChI=1S/C15H19Si.3ClH.Ti/c1-16(2,3)15-11-7-6-10-14(15)12-13-8-4-5-9-13;;;;/h4-11H,12H2,1-3H3;3*1H;/q-1;;;;+4/p-3. The van der Waals surface area contributed by atoms with Gasteiger partial charge >= 0.3 is 21.7 Å². The summed E-state index contributed by atoms with van der Waals surface area (Å²) in [6.07, 6.45) is 1.08. The van der Waals surface area contributed by atoms with Crippen molar-refractivity contribution in [1.29, 1.82) is 0 Å². The maximum atomic E-state index is 2.41. The van der Waals surface area contributed by atoms with E-state index in [9.17, 15) is 0 Å². The van der Waals surface area contributed by atoms with Gasteiger partial charge in [-0.3, -0.25) is 0 Å². The second-order valence-electron chi connectivity index (χ2n) is 5.38. The van der Waals surface area contributed by atoms with E-state index in [1.807, 2.05) is 0 Å². The SMILES string of the molecule is C[Si](C)(C)c1ccccc1C[c-]1cccc1.[Cl-].[Cl-].[Cl-].[Ti+4]. The van der Waals surface area contributed by atoms with Crippen LogP contribution in [0.5, 0.6) is 0 Å². The molecule has 0 atom stereocenters. The van der Waals surface area contributed by atoms with Gasteiger partial charge in [0.2, 0.25) is 0 Å². The van der Waals surface area contributed by atoms with E-state index in [-0.39, 0.29) is 58.9 Å². The minimum absolute atomic E-state index is 0. The van der Waals surface area contributed by atoms with Crippen molar-refractivity contribution in [3.05, 3.63) is 59.7 Å². The molecular weight excluding hydrogens is 362 g/mol. The third-order valence-corrected chi connectivity index (χ3v) is 5.06. The molecule has 5 heteroatoms. The Hall–Kier alpha value is 0.371. The molecule has 2 rings (SSSR count). The Morgan fingerprint density at radius 2 is 1.35 bits per heavy atom. The third kappa shape index (κ3) is 6.89. The minimum Gasteiger partial charge on any atom is -1.00 e. The topological polar surface area (TPSA) is 0 Å². The maximum Gasteiger partial charge on any atom is 4.00 e. The Kier molecular flexibility index (Phi) is 13.9. The first-order valence-corrected chi connectivity index (χ1v) is 9.36. The third-order valence-electron chi connectivity index (χ3n) is 2.95. The Labute approximate surface area is 157 Å². The molecule has 0 heterocycles. The molecule has 108 valence electrons. The van der Waals surface area contributed by atoms with Gasteiger partial charge in [-0.1, -0.05) is 54.7 Å². The molecule has 0 bridgehead atoms. The summed E-state index contributed by atoms with van der Waals surface area (Å²) in [6.45, 7) is 7.24. The van der Waals surface area contributed by atoms with Crippen LogP contribution >= 0.6 is 0 Å². The van der Waals surface area contributed by atoms with Crippen molar-refractivity contribution < 1.29 is 58.9 Å². The fourth-order valence-electron chi connectivity index (χ4n) is 2.16. The first-order valence-electron chi connectivity index (χ1n) is 5.86. The average molecular weight is 382 g/mol. The van der Waals surface area contributed by atoms with Gasteiger partial charge in [0, 0.05) is 0 Å². The predicted molar refractivity (Wildman–Crippen MR) is 74.3 cm³/mol. The molecule has 20 heavy (non-hydrogen) atoms. The van der Waals surface area contributed by atoms with Crippen LogP contribution in [0.4, 0.5) is 0 Å². The number of hydrogen-bond acceptors (Lipinski definition) is 0. The van der Waals surface area contributed by atoms with Crippen LogP contribution in [0.3, 0.4) is 0 Å². The number of benzene rings is 1. The zero-order valence-electron chi connectivity index (χ0n) is 12.0. The minimum atomic E-state index is -1.21. The van der Waals surface area contributed by atoms with Crippen LogP contribution in [0, 0.1) is 0 Å². The van der Waals surface area contributed by atoms with Gasteiger partial charge in [-0.05, 0) is 6.42 Å². The van der Waals surface area contributed by atoms with E-state index in [0.29, 0.717) is 0 Å². The van der Waals surface area contributed by atoms with E-state index in [1.165, 1.54) is 11.1 Å². The molecule has 0 unspecified atom stereocenters. The predicted octanol–water partition coefficient (Wildman–Crippen LogP) is -5.45. The second kappa shape index (κ2) is 11.0. The fraction of sp³-hybridized carbons (Fsp3) is 0.267. The van der Waals surface area contributed by atoms with Gasteiger partial charge in [-0.15, -0.1) is 0 Å². The van der Waals surface area contributed by atoms with Gasteiger partial charge in [-0.25, -0.2) is 12.1 Å². The largest absolute Gasteiger partial charge is 4.00 e. The molecule has 0 nitrogen and oxygen atoms in total. The molecule has 0 radical (unpaired) electrons. The van der Waals surface area contributed by atoms with Gasteiger partial charge in [0.15, 0.2) is 0 Å². The van der Waals surface area contributed by atoms with Crippen molar-refractivity contribution in [2.24, 2.45) is 0 Å². The van der Waals surface area contributed by atoms with Crippen molar-refractivity contribution in [3.8, 4) is 0 Å². The number of rotatable bonds is 3. The number of hydrogen-bond donors (Lipinski definition) is 0. The molecule has 0 saturated carbocycles. The van der Waals surface area contributed by atoms with Crippen LogP contribution in [0.25, 0.3) is 0 Å². The van der Waals surface area contributed by atoms with Gasteiger partial charge in [0.25, 0.3) is 0 Å². The summed E-state index contributed by atoms with van der Waals surface area (Å²) < 4.78 is 0. The van der Waals surface area contributed by atoms with Crippen molar-refractivity contribution >= 4 is 13.3 Å². The van der Waals surface area contributed by atoms with Gasteiger partial charge < -0.3 is 37.2 Å². The summed E-state index contributed by atoms with van der Waals surface area (Å²) in [7, 11) is -1.21. The van der Waals surface area contributed by atoms with Crippen LogP contribution in [-0.2, 0) is 28.1 Å². The number of halogens is 3. The molecule has 0 N–H and O–H groups in total. The molecule has 0 aliphatic carbocycles. The van der Waals surface area contributed by atoms with Crippen molar-refractivity contribution in [1.82, 2.24) is 0 Å². The van der Waals surface area contributed by atoms with E-state index in [1.54, 1.807) is 5.19 Å².